The molecule has 0 bridgehead atoms. The molecule has 0 radical (unpaired) electrons. The number of nitrogens with one attached hydrogen (secondary N) is 1. The van der Waals surface area contributed by atoms with Crippen molar-refractivity contribution in [3.8, 4) is 11.8 Å². The Bertz CT molecular complexity index is 571. The van der Waals surface area contributed by atoms with Crippen molar-refractivity contribution in [2.24, 2.45) is 0 Å². The van der Waals surface area contributed by atoms with Gasteiger partial charge < -0.3 is 19.9 Å². The third-order valence-electron chi connectivity index (χ3n) is 2.67. The fourth-order valence-corrected chi connectivity index (χ4v) is 1.73. The molecule has 5 heteroatoms. The number of aromatic amines is 1. The highest BCUT2D eigenvalue weighted by Crippen LogP contribution is 2.29. The van der Waals surface area contributed by atoms with Gasteiger partial charge in [0.05, 0.1) is 13.2 Å². The van der Waals surface area contributed by atoms with Crippen LogP contribution in [0.15, 0.2) is 24.4 Å². The number of rotatable bonds is 3. The molecule has 1 aromatic carbocycles. The van der Waals surface area contributed by atoms with Gasteiger partial charge >= 0.3 is 0 Å². The molecule has 2 aromatic rings. The Hall–Kier alpha value is -2.03. The fourth-order valence-electron chi connectivity index (χ4n) is 1.73. The number of aromatic nitrogens is 1. The highest BCUT2D eigenvalue weighted by Gasteiger charge is 2.21. The quantitative estimate of drug-likeness (QED) is 0.691. The molecule has 0 aliphatic heterocycles. The topological polar surface area (TPSA) is 89.3 Å². The van der Waals surface area contributed by atoms with Crippen LogP contribution in [0.2, 0.25) is 0 Å². The third-order valence-corrected chi connectivity index (χ3v) is 2.67. The van der Waals surface area contributed by atoms with Gasteiger partial charge in [-0.15, -0.1) is 0 Å². The van der Waals surface area contributed by atoms with Crippen molar-refractivity contribution in [2.45, 2.75) is 12.2 Å². The minimum absolute atomic E-state index is 0.480. The van der Waals surface area contributed by atoms with Crippen LogP contribution >= 0.6 is 0 Å². The van der Waals surface area contributed by atoms with Gasteiger partial charge in [0.15, 0.2) is 6.10 Å². The standard InChI is InChI=1S/C12H12N2O3/c1-17-7-2-3-10-8(4-7)9(6-14-10)12(16)11(15)5-13/h2-4,6,11-12,14-16H,1H3. The zero-order valence-corrected chi connectivity index (χ0v) is 9.21. The van der Waals surface area contributed by atoms with Gasteiger partial charge in [-0.1, -0.05) is 0 Å². The molecule has 2 unspecified atom stereocenters. The Morgan fingerprint density at radius 2 is 2.18 bits per heavy atom. The van der Waals surface area contributed by atoms with Gasteiger partial charge in [-0.25, -0.2) is 0 Å². The largest absolute Gasteiger partial charge is 0.497 e. The maximum absolute atomic E-state index is 9.81. The van der Waals surface area contributed by atoms with E-state index in [1.165, 1.54) is 0 Å². The Labute approximate surface area is 97.9 Å². The zero-order chi connectivity index (χ0) is 12.4. The van der Waals surface area contributed by atoms with Crippen molar-refractivity contribution in [2.75, 3.05) is 7.11 Å². The van der Waals surface area contributed by atoms with Crippen LogP contribution < -0.4 is 4.74 Å². The molecule has 2 atom stereocenters. The number of H-pyrrole nitrogens is 1. The minimum atomic E-state index is -1.44. The van der Waals surface area contributed by atoms with E-state index in [4.69, 9.17) is 10.00 Å². The van der Waals surface area contributed by atoms with E-state index in [9.17, 15) is 10.2 Å². The molecule has 1 heterocycles. The summed E-state index contributed by atoms with van der Waals surface area (Å²) in [6.07, 6.45) is -1.10. The average molecular weight is 232 g/mol. The molecule has 3 N–H and O–H groups in total. The van der Waals surface area contributed by atoms with Crippen LogP contribution in [0.3, 0.4) is 0 Å². The molecule has 2 rings (SSSR count). The molecule has 0 fully saturated rings. The number of hydrogen-bond acceptors (Lipinski definition) is 4. The van der Waals surface area contributed by atoms with Crippen molar-refractivity contribution in [1.82, 2.24) is 4.98 Å². The van der Waals surface area contributed by atoms with E-state index in [2.05, 4.69) is 4.98 Å². The molecule has 0 saturated heterocycles. The minimum Gasteiger partial charge on any atom is -0.497 e. The summed E-state index contributed by atoms with van der Waals surface area (Å²) in [6, 6.07) is 6.95. The Morgan fingerprint density at radius 3 is 2.82 bits per heavy atom. The van der Waals surface area contributed by atoms with Gasteiger partial charge in [0.25, 0.3) is 0 Å². The predicted octanol–water partition coefficient (Wildman–Crippen LogP) is 1.09. The van der Waals surface area contributed by atoms with Gasteiger partial charge in [0, 0.05) is 22.7 Å². The lowest BCUT2D eigenvalue weighted by atomic mass is 10.0. The van der Waals surface area contributed by atoms with Gasteiger partial charge in [0.1, 0.15) is 11.9 Å². The lowest BCUT2D eigenvalue weighted by Crippen LogP contribution is -2.15. The van der Waals surface area contributed by atoms with Crippen LogP contribution in [-0.2, 0) is 0 Å². The van der Waals surface area contributed by atoms with Crippen molar-refractivity contribution in [3.05, 3.63) is 30.0 Å². The molecule has 0 aliphatic carbocycles. The van der Waals surface area contributed by atoms with E-state index in [1.807, 2.05) is 6.07 Å². The number of hydrogen-bond donors (Lipinski definition) is 3. The first-order valence-corrected chi connectivity index (χ1v) is 5.08. The molecular weight excluding hydrogens is 220 g/mol. The second kappa shape index (κ2) is 4.45. The highest BCUT2D eigenvalue weighted by molar-refractivity contribution is 5.85. The van der Waals surface area contributed by atoms with E-state index >= 15 is 0 Å². The number of aliphatic hydroxyl groups is 2. The van der Waals surface area contributed by atoms with Crippen LogP contribution in [0.1, 0.15) is 11.7 Å². The molecule has 0 amide bonds. The molecule has 0 spiro atoms. The lowest BCUT2D eigenvalue weighted by Gasteiger charge is -2.10. The van der Waals surface area contributed by atoms with Crippen molar-refractivity contribution in [1.29, 1.82) is 5.26 Å². The molecule has 0 saturated carbocycles. The van der Waals surface area contributed by atoms with Gasteiger partial charge in [0.2, 0.25) is 0 Å². The third kappa shape index (κ3) is 1.96. The summed E-state index contributed by atoms with van der Waals surface area (Å²) in [5.41, 5.74) is 1.29. The molecule has 1 aromatic heterocycles. The number of nitrogens with zero attached hydrogens (tertiary/aromatic N) is 1. The summed E-state index contributed by atoms with van der Waals surface area (Å²) in [4.78, 5) is 2.96. The Morgan fingerprint density at radius 1 is 1.41 bits per heavy atom. The molecule has 0 aliphatic rings. The Balaban J connectivity index is 2.51. The van der Waals surface area contributed by atoms with Crippen LogP contribution in [0, 0.1) is 11.3 Å². The zero-order valence-electron chi connectivity index (χ0n) is 9.21. The number of benzene rings is 1. The van der Waals surface area contributed by atoms with E-state index < -0.39 is 12.2 Å². The Kier molecular flexibility index (Phi) is 3.00. The monoisotopic (exact) mass is 232 g/mol. The maximum atomic E-state index is 9.81. The predicted molar refractivity (Wildman–Crippen MR) is 61.4 cm³/mol. The summed E-state index contributed by atoms with van der Waals surface area (Å²) < 4.78 is 5.09. The van der Waals surface area contributed by atoms with Crippen molar-refractivity contribution < 1.29 is 14.9 Å². The summed E-state index contributed by atoms with van der Waals surface area (Å²) in [7, 11) is 1.55. The van der Waals surface area contributed by atoms with Crippen molar-refractivity contribution in [3.63, 3.8) is 0 Å². The number of nitriles is 1. The summed E-state index contributed by atoms with van der Waals surface area (Å²) in [5.74, 6) is 0.650. The lowest BCUT2D eigenvalue weighted by molar-refractivity contribution is 0.0538. The van der Waals surface area contributed by atoms with Crippen LogP contribution in [0.4, 0.5) is 0 Å². The second-order valence-corrected chi connectivity index (χ2v) is 3.67. The molecule has 17 heavy (non-hydrogen) atoms. The van der Waals surface area contributed by atoms with Crippen molar-refractivity contribution >= 4 is 10.9 Å². The summed E-state index contributed by atoms with van der Waals surface area (Å²) >= 11 is 0. The normalized spacial score (nSPS) is 14.2. The first-order chi connectivity index (χ1) is 8.17. The maximum Gasteiger partial charge on any atom is 0.170 e. The van der Waals surface area contributed by atoms with E-state index in [1.54, 1.807) is 31.5 Å². The van der Waals surface area contributed by atoms with Gasteiger partial charge in [-0.05, 0) is 18.2 Å². The van der Waals surface area contributed by atoms with Gasteiger partial charge in [-0.2, -0.15) is 5.26 Å². The van der Waals surface area contributed by atoms with E-state index in [0.29, 0.717) is 11.3 Å². The first-order valence-electron chi connectivity index (χ1n) is 5.08. The first kappa shape index (κ1) is 11.5. The van der Waals surface area contributed by atoms with E-state index in [-0.39, 0.29) is 0 Å². The molecular formula is C12H12N2O3. The van der Waals surface area contributed by atoms with Gasteiger partial charge in [-0.3, -0.25) is 0 Å². The van der Waals surface area contributed by atoms with Crippen LogP contribution in [0.5, 0.6) is 5.75 Å². The molecule has 88 valence electrons. The number of methoxy groups -OCH3 is 1. The average Bonchev–Trinajstić information content (AvgIpc) is 2.79. The summed E-state index contributed by atoms with van der Waals surface area (Å²) in [5, 5.41) is 28.4. The van der Waals surface area contributed by atoms with E-state index in [0.717, 1.165) is 10.9 Å². The number of aliphatic hydroxyl groups excluding tert-OH is 2. The number of ether oxygens (including phenoxy) is 1. The highest BCUT2D eigenvalue weighted by atomic mass is 16.5. The second-order valence-electron chi connectivity index (χ2n) is 3.67. The molecule has 5 nitrogen and oxygen atoms in total. The fraction of sp³-hybridized carbons (Fsp3) is 0.250. The SMILES string of the molecule is COc1ccc2[nH]cc(C(O)C(O)C#N)c2c1. The summed E-state index contributed by atoms with van der Waals surface area (Å²) in [6.45, 7) is 0. The number of fused-ring (bicyclic) bond motifs is 1. The van der Waals surface area contributed by atoms with Crippen LogP contribution in [0.25, 0.3) is 10.9 Å². The smallest absolute Gasteiger partial charge is 0.170 e. The van der Waals surface area contributed by atoms with Crippen LogP contribution in [-0.4, -0.2) is 28.4 Å².